The van der Waals surface area contributed by atoms with Crippen molar-refractivity contribution in [3.05, 3.63) is 17.5 Å². The molecule has 0 amide bonds. The van der Waals surface area contributed by atoms with E-state index in [2.05, 4.69) is 41.0 Å². The zero-order valence-electron chi connectivity index (χ0n) is 11.1. The van der Waals surface area contributed by atoms with Gasteiger partial charge in [0.15, 0.2) is 0 Å². The summed E-state index contributed by atoms with van der Waals surface area (Å²) in [4.78, 5) is 11.4. The Morgan fingerprint density at radius 3 is 2.39 bits per heavy atom. The largest absolute Gasteiger partial charge is 0.338 e. The molecule has 2 heterocycles. The highest BCUT2D eigenvalue weighted by Crippen LogP contribution is 2.18. The summed E-state index contributed by atoms with van der Waals surface area (Å²) in [6.45, 7) is 10.5. The first-order valence-electron chi connectivity index (χ1n) is 5.97. The molecule has 1 aliphatic heterocycles. The van der Waals surface area contributed by atoms with Crippen LogP contribution in [0, 0.1) is 6.92 Å². The highest BCUT2D eigenvalue weighted by atomic mass is 35.5. The second-order valence-electron chi connectivity index (χ2n) is 4.63. The minimum absolute atomic E-state index is 0. The topological polar surface area (TPSA) is 41.1 Å². The minimum atomic E-state index is 0. The lowest BCUT2D eigenvalue weighted by Gasteiger charge is -2.28. The highest BCUT2D eigenvalue weighted by Gasteiger charge is 2.15. The fourth-order valence-electron chi connectivity index (χ4n) is 2.05. The number of hydrogen-bond donors (Lipinski definition) is 1. The summed E-state index contributed by atoms with van der Waals surface area (Å²) in [5.74, 6) is 1.35. The first-order chi connectivity index (χ1) is 7.68. The van der Waals surface area contributed by atoms with Crippen molar-refractivity contribution >= 4 is 30.8 Å². The molecule has 1 N–H and O–H groups in total. The summed E-state index contributed by atoms with van der Waals surface area (Å²) in [5, 5.41) is 3.34. The van der Waals surface area contributed by atoms with Crippen LogP contribution in [-0.4, -0.2) is 36.1 Å². The molecule has 18 heavy (non-hydrogen) atoms. The number of halogens is 2. The number of hydrogen-bond acceptors (Lipinski definition) is 4. The molecule has 1 aromatic heterocycles. The van der Waals surface area contributed by atoms with Crippen LogP contribution in [-0.2, 0) is 0 Å². The van der Waals surface area contributed by atoms with Gasteiger partial charge in [-0.2, -0.15) is 0 Å². The van der Waals surface area contributed by atoms with Crippen LogP contribution in [0.1, 0.15) is 31.0 Å². The molecule has 1 aliphatic rings. The molecule has 0 saturated carbocycles. The molecule has 1 fully saturated rings. The average molecular weight is 293 g/mol. The average Bonchev–Trinajstić information content (AvgIpc) is 2.30. The Morgan fingerprint density at radius 1 is 1.22 bits per heavy atom. The molecule has 0 unspecified atom stereocenters. The van der Waals surface area contributed by atoms with Crippen LogP contribution < -0.4 is 10.2 Å². The van der Waals surface area contributed by atoms with Crippen molar-refractivity contribution in [2.45, 2.75) is 26.7 Å². The first-order valence-corrected chi connectivity index (χ1v) is 5.97. The van der Waals surface area contributed by atoms with Crippen LogP contribution in [0.3, 0.4) is 0 Å². The van der Waals surface area contributed by atoms with Gasteiger partial charge in [0, 0.05) is 32.4 Å². The molecule has 6 heteroatoms. The molecule has 0 atom stereocenters. The predicted octanol–water partition coefficient (Wildman–Crippen LogP) is 2.16. The summed E-state index contributed by atoms with van der Waals surface area (Å²) < 4.78 is 0. The van der Waals surface area contributed by atoms with E-state index in [-0.39, 0.29) is 24.8 Å². The lowest BCUT2D eigenvalue weighted by molar-refractivity contribution is 0.577. The van der Waals surface area contributed by atoms with E-state index in [0.717, 1.165) is 32.1 Å². The third-order valence-electron chi connectivity index (χ3n) is 2.94. The van der Waals surface area contributed by atoms with Gasteiger partial charge in [-0.05, 0) is 18.4 Å². The minimum Gasteiger partial charge on any atom is -0.338 e. The lowest BCUT2D eigenvalue weighted by atomic mass is 10.1. The van der Waals surface area contributed by atoms with E-state index in [4.69, 9.17) is 0 Å². The number of rotatable bonds is 2. The maximum atomic E-state index is 4.68. The Balaban J connectivity index is 0.00000144. The summed E-state index contributed by atoms with van der Waals surface area (Å²) in [5.41, 5.74) is 2.36. The van der Waals surface area contributed by atoms with Gasteiger partial charge in [-0.25, -0.2) is 9.97 Å². The van der Waals surface area contributed by atoms with Crippen LogP contribution in [0.5, 0.6) is 0 Å². The normalized spacial score (nSPS) is 15.0. The molecule has 4 nitrogen and oxygen atoms in total. The number of nitrogens with zero attached hydrogens (tertiary/aromatic N) is 3. The van der Waals surface area contributed by atoms with Crippen LogP contribution in [0.25, 0.3) is 0 Å². The van der Waals surface area contributed by atoms with Gasteiger partial charge in [-0.15, -0.1) is 24.8 Å². The lowest BCUT2D eigenvalue weighted by Crippen LogP contribution is -2.44. The molecule has 0 radical (unpaired) electrons. The number of aryl methyl sites for hydroxylation is 1. The second-order valence-corrected chi connectivity index (χ2v) is 4.63. The molecule has 0 aliphatic carbocycles. The van der Waals surface area contributed by atoms with Crippen LogP contribution in [0.15, 0.2) is 6.20 Å². The van der Waals surface area contributed by atoms with Gasteiger partial charge in [0.1, 0.15) is 0 Å². The molecule has 0 bridgehead atoms. The monoisotopic (exact) mass is 292 g/mol. The molecule has 104 valence electrons. The zero-order valence-corrected chi connectivity index (χ0v) is 12.8. The molecule has 0 aromatic carbocycles. The summed E-state index contributed by atoms with van der Waals surface area (Å²) in [6.07, 6.45) is 1.94. The van der Waals surface area contributed by atoms with Crippen LogP contribution >= 0.6 is 24.8 Å². The molecule has 0 spiro atoms. The van der Waals surface area contributed by atoms with E-state index in [1.165, 1.54) is 11.3 Å². The van der Waals surface area contributed by atoms with Gasteiger partial charge in [0.05, 0.1) is 5.69 Å². The van der Waals surface area contributed by atoms with Crippen molar-refractivity contribution in [2.75, 3.05) is 31.1 Å². The summed E-state index contributed by atoms with van der Waals surface area (Å²) in [6, 6.07) is 0. The van der Waals surface area contributed by atoms with Crippen LogP contribution in [0.2, 0.25) is 0 Å². The maximum absolute atomic E-state index is 4.68. The van der Waals surface area contributed by atoms with Gasteiger partial charge >= 0.3 is 0 Å². The van der Waals surface area contributed by atoms with Crippen molar-refractivity contribution < 1.29 is 0 Å². The summed E-state index contributed by atoms with van der Waals surface area (Å²) >= 11 is 0. The Labute approximate surface area is 121 Å². The van der Waals surface area contributed by atoms with Crippen LogP contribution in [0.4, 0.5) is 5.95 Å². The smallest absolute Gasteiger partial charge is 0.225 e. The van der Waals surface area contributed by atoms with Gasteiger partial charge in [0.2, 0.25) is 5.95 Å². The molecular weight excluding hydrogens is 271 g/mol. The van der Waals surface area contributed by atoms with Crippen molar-refractivity contribution in [2.24, 2.45) is 0 Å². The molecule has 1 saturated heterocycles. The zero-order chi connectivity index (χ0) is 11.5. The van der Waals surface area contributed by atoms with Gasteiger partial charge < -0.3 is 10.2 Å². The van der Waals surface area contributed by atoms with E-state index in [9.17, 15) is 0 Å². The Hall–Kier alpha value is -0.580. The quantitative estimate of drug-likeness (QED) is 0.907. The number of nitrogens with one attached hydrogen (secondary N) is 1. The first kappa shape index (κ1) is 17.4. The maximum Gasteiger partial charge on any atom is 0.225 e. The Morgan fingerprint density at radius 2 is 1.83 bits per heavy atom. The van der Waals surface area contributed by atoms with E-state index in [1.807, 2.05) is 6.20 Å². The second kappa shape index (κ2) is 7.77. The van der Waals surface area contributed by atoms with Crippen molar-refractivity contribution in [1.82, 2.24) is 15.3 Å². The molecule has 2 rings (SSSR count). The van der Waals surface area contributed by atoms with Gasteiger partial charge in [0.25, 0.3) is 0 Å². The van der Waals surface area contributed by atoms with Crippen molar-refractivity contribution in [3.63, 3.8) is 0 Å². The fourth-order valence-corrected chi connectivity index (χ4v) is 2.05. The standard InChI is InChI=1S/C12H20N4.2ClH/c1-9(2)11-10(3)8-14-12(15-11)16-6-4-13-5-7-16;;/h8-9,13H,4-7H2,1-3H3;2*1H. The predicted molar refractivity (Wildman–Crippen MR) is 80.4 cm³/mol. The third kappa shape index (κ3) is 3.97. The van der Waals surface area contributed by atoms with E-state index in [0.29, 0.717) is 5.92 Å². The Bertz CT molecular complexity index is 365. The Kier molecular flexibility index (Phi) is 7.52. The van der Waals surface area contributed by atoms with Crippen molar-refractivity contribution in [3.8, 4) is 0 Å². The summed E-state index contributed by atoms with van der Waals surface area (Å²) in [7, 11) is 0. The van der Waals surface area contributed by atoms with E-state index >= 15 is 0 Å². The number of anilines is 1. The van der Waals surface area contributed by atoms with Gasteiger partial charge in [-0.1, -0.05) is 13.8 Å². The van der Waals surface area contributed by atoms with Gasteiger partial charge in [-0.3, -0.25) is 0 Å². The molecular formula is C12H22Cl2N4. The van der Waals surface area contributed by atoms with E-state index < -0.39 is 0 Å². The SMILES string of the molecule is Cc1cnc(N2CCNCC2)nc1C(C)C.Cl.Cl. The fraction of sp³-hybridized carbons (Fsp3) is 0.667. The molecule has 1 aromatic rings. The number of piperazine rings is 1. The highest BCUT2D eigenvalue weighted by molar-refractivity contribution is 5.85. The van der Waals surface area contributed by atoms with Crippen molar-refractivity contribution in [1.29, 1.82) is 0 Å². The van der Waals surface area contributed by atoms with E-state index in [1.54, 1.807) is 0 Å². The third-order valence-corrected chi connectivity index (χ3v) is 2.94. The number of aromatic nitrogens is 2.